The SMILES string of the molecule is CC1CCCC23C1CCC1C4CC5OC(O)(C(F)(F)F)CCC5[C@@]4(C)CC[C@]12[C@@H]3C. The van der Waals surface area contributed by atoms with Crippen molar-refractivity contribution in [1.82, 2.24) is 0 Å². The number of rotatable bonds is 0. The van der Waals surface area contributed by atoms with Crippen LogP contribution in [0.4, 0.5) is 13.2 Å². The molecule has 1 aliphatic heterocycles. The standard InChI is InChI=1S/C25H37F3O2/c1-14-5-4-9-22-15(2)23(22)12-11-21(3)18-8-10-24(29,25(26,27)28)30-20(18)13-19(21)17(23)7-6-16(14)22/h14-20,29H,4-13H2,1-3H3/t14?,15-,16?,17?,18?,19?,20?,21-,22?,23+,24?/m1/s1. The van der Waals surface area contributed by atoms with Crippen molar-refractivity contribution in [3.05, 3.63) is 0 Å². The summed E-state index contributed by atoms with van der Waals surface area (Å²) in [6, 6.07) is 0. The minimum absolute atomic E-state index is 0.0735. The van der Waals surface area contributed by atoms with Crippen molar-refractivity contribution in [3.63, 3.8) is 0 Å². The van der Waals surface area contributed by atoms with E-state index in [0.717, 1.165) is 30.6 Å². The Morgan fingerprint density at radius 3 is 2.27 bits per heavy atom. The van der Waals surface area contributed by atoms with Crippen LogP contribution in [0.15, 0.2) is 0 Å². The number of hydrogen-bond donors (Lipinski definition) is 1. The molecule has 170 valence electrons. The monoisotopic (exact) mass is 426 g/mol. The van der Waals surface area contributed by atoms with Gasteiger partial charge in [-0.1, -0.05) is 33.6 Å². The van der Waals surface area contributed by atoms with Gasteiger partial charge in [0.25, 0.3) is 5.79 Å². The van der Waals surface area contributed by atoms with E-state index in [-0.39, 0.29) is 17.8 Å². The smallest absolute Gasteiger partial charge is 0.359 e. The van der Waals surface area contributed by atoms with Gasteiger partial charge in [0.1, 0.15) is 0 Å². The second-order valence-corrected chi connectivity index (χ2v) is 12.4. The second kappa shape index (κ2) is 5.79. The predicted octanol–water partition coefficient (Wildman–Crippen LogP) is 6.32. The fourth-order valence-electron chi connectivity index (χ4n) is 11.0. The normalized spacial score (nSPS) is 61.9. The summed E-state index contributed by atoms with van der Waals surface area (Å²) < 4.78 is 46.0. The first kappa shape index (κ1) is 20.3. The van der Waals surface area contributed by atoms with Gasteiger partial charge in [-0.2, -0.15) is 13.2 Å². The van der Waals surface area contributed by atoms with E-state index in [9.17, 15) is 18.3 Å². The molecule has 2 spiro atoms. The van der Waals surface area contributed by atoms with Gasteiger partial charge in [0.2, 0.25) is 0 Å². The highest BCUT2D eigenvalue weighted by Crippen LogP contribution is 2.88. The fraction of sp³-hybridized carbons (Fsp3) is 1.00. The molecule has 0 aromatic heterocycles. The number of ether oxygens (including phenoxy) is 1. The van der Waals surface area contributed by atoms with Gasteiger partial charge in [-0.15, -0.1) is 0 Å². The fourth-order valence-corrected chi connectivity index (χ4v) is 11.0. The number of halogens is 3. The average molecular weight is 427 g/mol. The molecular formula is C25H37F3O2. The van der Waals surface area contributed by atoms with Crippen molar-refractivity contribution < 1.29 is 23.0 Å². The van der Waals surface area contributed by atoms with Crippen LogP contribution < -0.4 is 0 Å². The molecule has 0 radical (unpaired) electrons. The third kappa shape index (κ3) is 2.07. The molecule has 0 amide bonds. The Hall–Kier alpha value is -0.290. The summed E-state index contributed by atoms with van der Waals surface area (Å²) in [5.41, 5.74) is 1.02. The third-order valence-electron chi connectivity index (χ3n) is 12.2. The van der Waals surface area contributed by atoms with Crippen LogP contribution in [-0.2, 0) is 4.74 Å². The summed E-state index contributed by atoms with van der Waals surface area (Å²) in [6.07, 6.45) is 4.76. The summed E-state index contributed by atoms with van der Waals surface area (Å²) in [5, 5.41) is 10.2. The minimum Gasteiger partial charge on any atom is -0.359 e. The maximum atomic E-state index is 13.5. The highest BCUT2D eigenvalue weighted by atomic mass is 19.4. The Morgan fingerprint density at radius 1 is 0.833 bits per heavy atom. The average Bonchev–Trinajstić information content (AvgIpc) is 3.04. The molecule has 30 heavy (non-hydrogen) atoms. The van der Waals surface area contributed by atoms with Crippen molar-refractivity contribution >= 4 is 0 Å². The van der Waals surface area contributed by atoms with Crippen LogP contribution in [0, 0.1) is 51.8 Å². The highest BCUT2D eigenvalue weighted by Gasteiger charge is 2.83. The lowest BCUT2D eigenvalue weighted by Crippen LogP contribution is -2.55. The number of fused-ring (bicyclic) bond motifs is 4. The van der Waals surface area contributed by atoms with Gasteiger partial charge >= 0.3 is 6.18 Å². The lowest BCUT2D eigenvalue weighted by molar-refractivity contribution is -0.395. The Bertz CT molecular complexity index is 753. The van der Waals surface area contributed by atoms with Crippen LogP contribution in [0.2, 0.25) is 0 Å². The summed E-state index contributed by atoms with van der Waals surface area (Å²) in [5.74, 6) is 0.766. The van der Waals surface area contributed by atoms with E-state index in [1.165, 1.54) is 38.5 Å². The molecule has 0 aromatic rings. The Morgan fingerprint density at radius 2 is 1.53 bits per heavy atom. The number of hydrogen-bond acceptors (Lipinski definition) is 2. The summed E-state index contributed by atoms with van der Waals surface area (Å²) in [6.45, 7) is 7.33. The first-order chi connectivity index (χ1) is 14.0. The van der Waals surface area contributed by atoms with E-state index in [4.69, 9.17) is 4.74 Å². The Kier molecular flexibility index (Phi) is 3.92. The molecule has 1 N–H and O–H groups in total. The maximum absolute atomic E-state index is 13.5. The molecule has 6 rings (SSSR count). The number of alkyl halides is 3. The lowest BCUT2D eigenvalue weighted by Gasteiger charge is -2.56. The third-order valence-corrected chi connectivity index (χ3v) is 12.2. The molecule has 0 bridgehead atoms. The van der Waals surface area contributed by atoms with Crippen molar-refractivity contribution in [2.45, 2.75) is 103 Å². The molecule has 5 aliphatic carbocycles. The van der Waals surface area contributed by atoms with Crippen LogP contribution >= 0.6 is 0 Å². The minimum atomic E-state index is -4.71. The van der Waals surface area contributed by atoms with Gasteiger partial charge < -0.3 is 9.84 Å². The maximum Gasteiger partial charge on any atom is 0.443 e. The van der Waals surface area contributed by atoms with Crippen LogP contribution in [0.1, 0.15) is 85.0 Å². The van der Waals surface area contributed by atoms with E-state index in [1.807, 2.05) is 0 Å². The molecular weight excluding hydrogens is 389 g/mol. The van der Waals surface area contributed by atoms with Crippen molar-refractivity contribution in [2.75, 3.05) is 0 Å². The van der Waals surface area contributed by atoms with Crippen LogP contribution in [0.3, 0.4) is 0 Å². The largest absolute Gasteiger partial charge is 0.443 e. The zero-order chi connectivity index (χ0) is 21.3. The van der Waals surface area contributed by atoms with Crippen molar-refractivity contribution in [2.24, 2.45) is 51.8 Å². The van der Waals surface area contributed by atoms with Gasteiger partial charge in [0, 0.05) is 6.42 Å². The first-order valence-corrected chi connectivity index (χ1v) is 12.5. The van der Waals surface area contributed by atoms with E-state index in [0.29, 0.717) is 29.1 Å². The molecule has 5 heteroatoms. The molecule has 6 aliphatic rings. The van der Waals surface area contributed by atoms with Crippen molar-refractivity contribution in [3.8, 4) is 0 Å². The van der Waals surface area contributed by atoms with E-state index < -0.39 is 18.1 Å². The predicted molar refractivity (Wildman–Crippen MR) is 107 cm³/mol. The first-order valence-electron chi connectivity index (χ1n) is 12.5. The van der Waals surface area contributed by atoms with Gasteiger partial charge in [-0.3, -0.25) is 0 Å². The Balaban J connectivity index is 1.33. The second-order valence-electron chi connectivity index (χ2n) is 12.4. The van der Waals surface area contributed by atoms with Crippen molar-refractivity contribution in [1.29, 1.82) is 0 Å². The van der Waals surface area contributed by atoms with Crippen LogP contribution in [0.25, 0.3) is 0 Å². The summed E-state index contributed by atoms with van der Waals surface area (Å²) >= 11 is 0. The molecule has 5 saturated carbocycles. The summed E-state index contributed by atoms with van der Waals surface area (Å²) in [4.78, 5) is 0. The molecule has 1 heterocycles. The lowest BCUT2D eigenvalue weighted by atomic mass is 9.48. The van der Waals surface area contributed by atoms with Crippen LogP contribution in [-0.4, -0.2) is 23.2 Å². The van der Waals surface area contributed by atoms with Crippen LogP contribution in [0.5, 0.6) is 0 Å². The quantitative estimate of drug-likeness (QED) is 0.491. The molecule has 8 unspecified atom stereocenters. The molecule has 0 aromatic carbocycles. The number of aliphatic hydroxyl groups is 1. The van der Waals surface area contributed by atoms with E-state index in [2.05, 4.69) is 20.8 Å². The Labute approximate surface area is 178 Å². The molecule has 2 nitrogen and oxygen atoms in total. The molecule has 11 atom stereocenters. The highest BCUT2D eigenvalue weighted by molar-refractivity contribution is 5.30. The van der Waals surface area contributed by atoms with Gasteiger partial charge in [-0.05, 0) is 96.7 Å². The van der Waals surface area contributed by atoms with E-state index in [1.54, 1.807) is 0 Å². The zero-order valence-electron chi connectivity index (χ0n) is 18.6. The van der Waals surface area contributed by atoms with Gasteiger partial charge in [0.05, 0.1) is 6.10 Å². The zero-order valence-corrected chi connectivity index (χ0v) is 18.6. The van der Waals surface area contributed by atoms with Gasteiger partial charge in [-0.25, -0.2) is 0 Å². The molecule has 1 saturated heterocycles. The van der Waals surface area contributed by atoms with E-state index >= 15 is 0 Å². The molecule has 6 fully saturated rings. The van der Waals surface area contributed by atoms with Gasteiger partial charge in [0.15, 0.2) is 0 Å². The topological polar surface area (TPSA) is 29.5 Å². The summed E-state index contributed by atoms with van der Waals surface area (Å²) in [7, 11) is 0.